The minimum absolute atomic E-state index is 0.0998. The number of carbonyl (C=O) groups excluding carboxylic acids is 2. The first kappa shape index (κ1) is 24.7. The molecule has 2 rings (SSSR count). The van der Waals surface area contributed by atoms with Crippen molar-refractivity contribution < 1.29 is 23.8 Å². The van der Waals surface area contributed by atoms with E-state index in [0.29, 0.717) is 19.7 Å². The summed E-state index contributed by atoms with van der Waals surface area (Å²) in [6.45, 7) is 10.9. The molecule has 1 amide bonds. The summed E-state index contributed by atoms with van der Waals surface area (Å²) in [5, 5.41) is 0. The van der Waals surface area contributed by atoms with Gasteiger partial charge in [0.25, 0.3) is 0 Å². The van der Waals surface area contributed by atoms with Crippen LogP contribution in [0.3, 0.4) is 0 Å². The van der Waals surface area contributed by atoms with Crippen molar-refractivity contribution in [2.75, 3.05) is 40.3 Å². The molecule has 0 spiro atoms. The zero-order valence-electron chi connectivity index (χ0n) is 19.9. The van der Waals surface area contributed by atoms with Crippen molar-refractivity contribution in [3.8, 4) is 11.5 Å². The van der Waals surface area contributed by atoms with E-state index in [0.717, 1.165) is 29.0 Å². The summed E-state index contributed by atoms with van der Waals surface area (Å²) >= 11 is 0. The van der Waals surface area contributed by atoms with E-state index in [1.54, 1.807) is 6.08 Å². The van der Waals surface area contributed by atoms with Crippen LogP contribution in [0.1, 0.15) is 45.7 Å². The van der Waals surface area contributed by atoms with Crippen molar-refractivity contribution in [2.24, 2.45) is 0 Å². The fourth-order valence-electron chi connectivity index (χ4n) is 3.25. The molecule has 0 saturated heterocycles. The largest absolute Gasteiger partial charge is 0.493 e. The molecule has 172 valence electrons. The first-order valence-corrected chi connectivity index (χ1v) is 10.8. The van der Waals surface area contributed by atoms with Gasteiger partial charge in [-0.3, -0.25) is 9.59 Å². The molecule has 0 aromatic heterocycles. The van der Waals surface area contributed by atoms with Gasteiger partial charge in [-0.2, -0.15) is 0 Å². The van der Waals surface area contributed by atoms with Gasteiger partial charge >= 0.3 is 5.97 Å². The molecule has 1 aliphatic heterocycles. The Labute approximate surface area is 185 Å². The Morgan fingerprint density at radius 2 is 1.94 bits per heavy atom. The lowest BCUT2D eigenvalue weighted by molar-refractivity contribution is -0.158. The van der Waals surface area contributed by atoms with Crippen LogP contribution in [0, 0.1) is 0 Å². The molecule has 1 aromatic rings. The quantitative estimate of drug-likeness (QED) is 0.441. The van der Waals surface area contributed by atoms with Gasteiger partial charge in [0.15, 0.2) is 0 Å². The highest BCUT2D eigenvalue weighted by Gasteiger charge is 2.23. The second-order valence-corrected chi connectivity index (χ2v) is 9.05. The van der Waals surface area contributed by atoms with Gasteiger partial charge in [0.05, 0.1) is 6.61 Å². The molecule has 1 aromatic carbocycles. The predicted octanol–water partition coefficient (Wildman–Crippen LogP) is 3.15. The average Bonchev–Trinajstić information content (AvgIpc) is 3.00. The fourth-order valence-corrected chi connectivity index (χ4v) is 3.25. The first-order chi connectivity index (χ1) is 14.5. The van der Waals surface area contributed by atoms with Gasteiger partial charge < -0.3 is 24.0 Å². The van der Waals surface area contributed by atoms with Crippen molar-refractivity contribution in [1.29, 1.82) is 0 Å². The van der Waals surface area contributed by atoms with E-state index < -0.39 is 11.6 Å². The van der Waals surface area contributed by atoms with E-state index in [1.807, 2.05) is 65.7 Å². The van der Waals surface area contributed by atoms with E-state index in [-0.39, 0.29) is 18.6 Å². The van der Waals surface area contributed by atoms with Crippen LogP contribution in [0.4, 0.5) is 0 Å². The predicted molar refractivity (Wildman–Crippen MR) is 121 cm³/mol. The molecule has 0 fully saturated rings. The monoisotopic (exact) mass is 432 g/mol. The standard InChI is InChI=1S/C24H36N2O5/c1-8-29-20-15-19-13-17(2)30-21(19)14-18(20)9-10-22(27)26(12-11-25(6)7)16-23(28)31-24(3,4)5/h9-10,14-15,17H,8,11-13,16H2,1-7H3/b10-9+. The molecular formula is C24H36N2O5. The lowest BCUT2D eigenvalue weighted by atomic mass is 10.1. The van der Waals surface area contributed by atoms with E-state index in [4.69, 9.17) is 14.2 Å². The van der Waals surface area contributed by atoms with Crippen molar-refractivity contribution in [3.63, 3.8) is 0 Å². The number of nitrogens with zero attached hydrogens (tertiary/aromatic N) is 2. The molecule has 1 aliphatic rings. The maximum absolute atomic E-state index is 12.9. The second-order valence-electron chi connectivity index (χ2n) is 9.05. The SMILES string of the molecule is CCOc1cc2c(cc1/C=C/C(=O)N(CCN(C)C)CC(=O)OC(C)(C)C)OC(C)C2. The molecule has 0 N–H and O–H groups in total. The molecule has 1 heterocycles. The average molecular weight is 433 g/mol. The second kappa shape index (κ2) is 10.7. The van der Waals surface area contributed by atoms with E-state index >= 15 is 0 Å². The number of amides is 1. The van der Waals surface area contributed by atoms with Gasteiger partial charge in [0.1, 0.15) is 29.7 Å². The highest BCUT2D eigenvalue weighted by Crippen LogP contribution is 2.35. The van der Waals surface area contributed by atoms with Gasteiger partial charge in [0.2, 0.25) is 5.91 Å². The first-order valence-electron chi connectivity index (χ1n) is 10.8. The number of rotatable bonds is 9. The molecule has 31 heavy (non-hydrogen) atoms. The minimum Gasteiger partial charge on any atom is -0.493 e. The highest BCUT2D eigenvalue weighted by atomic mass is 16.6. The molecule has 7 heteroatoms. The van der Waals surface area contributed by atoms with Crippen LogP contribution in [0.15, 0.2) is 18.2 Å². The summed E-state index contributed by atoms with van der Waals surface area (Å²) in [7, 11) is 3.84. The third-order valence-corrected chi connectivity index (χ3v) is 4.60. The lowest BCUT2D eigenvalue weighted by Gasteiger charge is -2.25. The Balaban J connectivity index is 2.19. The van der Waals surface area contributed by atoms with Gasteiger partial charge in [-0.1, -0.05) is 0 Å². The van der Waals surface area contributed by atoms with E-state index in [9.17, 15) is 9.59 Å². The van der Waals surface area contributed by atoms with Crippen LogP contribution in [0.2, 0.25) is 0 Å². The van der Waals surface area contributed by atoms with Crippen LogP contribution in [0.5, 0.6) is 11.5 Å². The number of hydrogen-bond acceptors (Lipinski definition) is 6. The number of ether oxygens (including phenoxy) is 3. The van der Waals surface area contributed by atoms with Crippen LogP contribution >= 0.6 is 0 Å². The summed E-state index contributed by atoms with van der Waals surface area (Å²) < 4.78 is 17.0. The number of likely N-dealkylation sites (N-methyl/N-ethyl adjacent to an activating group) is 1. The van der Waals surface area contributed by atoms with Crippen LogP contribution in [-0.2, 0) is 20.7 Å². The Bertz CT molecular complexity index is 811. The minimum atomic E-state index is -0.600. The van der Waals surface area contributed by atoms with Gasteiger partial charge in [-0.25, -0.2) is 0 Å². The maximum Gasteiger partial charge on any atom is 0.326 e. The summed E-state index contributed by atoms with van der Waals surface area (Å²) in [6.07, 6.45) is 4.16. The zero-order chi connectivity index (χ0) is 23.2. The van der Waals surface area contributed by atoms with Gasteiger partial charge in [-0.15, -0.1) is 0 Å². The van der Waals surface area contributed by atoms with Gasteiger partial charge in [0, 0.05) is 36.7 Å². The summed E-state index contributed by atoms with van der Waals surface area (Å²) in [5.41, 5.74) is 1.28. The molecule has 0 radical (unpaired) electrons. The van der Waals surface area contributed by atoms with Crippen molar-refractivity contribution in [1.82, 2.24) is 9.80 Å². The third-order valence-electron chi connectivity index (χ3n) is 4.60. The Hall–Kier alpha value is -2.54. The molecule has 0 bridgehead atoms. The molecule has 7 nitrogen and oxygen atoms in total. The van der Waals surface area contributed by atoms with Crippen molar-refractivity contribution in [2.45, 2.75) is 52.7 Å². The van der Waals surface area contributed by atoms with Crippen LogP contribution in [-0.4, -0.2) is 73.7 Å². The fraction of sp³-hybridized carbons (Fsp3) is 0.583. The number of fused-ring (bicyclic) bond motifs is 1. The van der Waals surface area contributed by atoms with Crippen molar-refractivity contribution >= 4 is 18.0 Å². The number of carbonyl (C=O) groups is 2. The van der Waals surface area contributed by atoms with Crippen molar-refractivity contribution in [3.05, 3.63) is 29.3 Å². The number of benzene rings is 1. The van der Waals surface area contributed by atoms with E-state index in [2.05, 4.69) is 0 Å². The number of hydrogen-bond donors (Lipinski definition) is 0. The zero-order valence-corrected chi connectivity index (χ0v) is 19.9. The highest BCUT2D eigenvalue weighted by molar-refractivity contribution is 5.94. The molecule has 0 aliphatic carbocycles. The molecule has 1 atom stereocenters. The smallest absolute Gasteiger partial charge is 0.326 e. The summed E-state index contributed by atoms with van der Waals surface area (Å²) in [5.74, 6) is 0.851. The maximum atomic E-state index is 12.9. The topological polar surface area (TPSA) is 68.3 Å². The van der Waals surface area contributed by atoms with Crippen LogP contribution < -0.4 is 9.47 Å². The number of esters is 1. The molecule has 0 saturated carbocycles. The Morgan fingerprint density at radius 3 is 2.55 bits per heavy atom. The Morgan fingerprint density at radius 1 is 1.23 bits per heavy atom. The summed E-state index contributed by atoms with van der Waals surface area (Å²) in [6, 6.07) is 3.89. The van der Waals surface area contributed by atoms with Gasteiger partial charge in [-0.05, 0) is 66.9 Å². The third kappa shape index (κ3) is 7.90. The van der Waals surface area contributed by atoms with Crippen LogP contribution in [0.25, 0.3) is 6.08 Å². The lowest BCUT2D eigenvalue weighted by Crippen LogP contribution is -2.41. The molecule has 1 unspecified atom stereocenters. The molecular weight excluding hydrogens is 396 g/mol. The summed E-state index contributed by atoms with van der Waals surface area (Å²) in [4.78, 5) is 28.7. The Kier molecular flexibility index (Phi) is 8.51. The van der Waals surface area contributed by atoms with E-state index in [1.165, 1.54) is 11.0 Å². The normalized spacial score (nSPS) is 15.7.